The molecule has 0 aliphatic rings. The fourth-order valence-corrected chi connectivity index (χ4v) is 2.25. The standard InChI is InChI=1S/C16H22N2O2/c1-5-10-17-12-8-6-7-9-13(12)18(15(17)20)11-14(19)16(2,3)4/h6-9H,5,10-11H2,1-4H3. The predicted molar refractivity (Wildman–Crippen MR) is 81.0 cm³/mol. The Balaban J connectivity index is 2.56. The number of hydrogen-bond donors (Lipinski definition) is 0. The Bertz CT molecular complexity index is 687. The van der Waals surface area contributed by atoms with Gasteiger partial charge in [-0.15, -0.1) is 0 Å². The monoisotopic (exact) mass is 274 g/mol. The number of imidazole rings is 1. The summed E-state index contributed by atoms with van der Waals surface area (Å²) >= 11 is 0. The summed E-state index contributed by atoms with van der Waals surface area (Å²) in [4.78, 5) is 24.7. The molecular formula is C16H22N2O2. The molecule has 0 radical (unpaired) electrons. The van der Waals surface area contributed by atoms with Crippen molar-refractivity contribution in [3.05, 3.63) is 34.7 Å². The van der Waals surface area contributed by atoms with Gasteiger partial charge in [0.1, 0.15) is 0 Å². The van der Waals surface area contributed by atoms with E-state index in [4.69, 9.17) is 0 Å². The smallest absolute Gasteiger partial charge is 0.297 e. The Morgan fingerprint density at radius 1 is 1.10 bits per heavy atom. The lowest BCUT2D eigenvalue weighted by Gasteiger charge is -2.16. The number of nitrogens with zero attached hydrogens (tertiary/aromatic N) is 2. The number of aromatic nitrogens is 2. The molecule has 0 fully saturated rings. The highest BCUT2D eigenvalue weighted by Gasteiger charge is 2.23. The quantitative estimate of drug-likeness (QED) is 0.860. The lowest BCUT2D eigenvalue weighted by molar-refractivity contribution is -0.126. The maximum atomic E-state index is 12.5. The van der Waals surface area contributed by atoms with Crippen LogP contribution < -0.4 is 5.69 Å². The van der Waals surface area contributed by atoms with E-state index >= 15 is 0 Å². The normalized spacial score (nSPS) is 12.0. The minimum atomic E-state index is -0.437. The molecule has 20 heavy (non-hydrogen) atoms. The van der Waals surface area contributed by atoms with Crippen LogP contribution in [-0.4, -0.2) is 14.9 Å². The molecule has 0 saturated heterocycles. The van der Waals surface area contributed by atoms with Gasteiger partial charge in [0.2, 0.25) is 0 Å². The van der Waals surface area contributed by atoms with E-state index in [1.54, 1.807) is 9.13 Å². The summed E-state index contributed by atoms with van der Waals surface area (Å²) in [5, 5.41) is 0. The Hall–Kier alpha value is -1.84. The minimum Gasteiger partial charge on any atom is -0.297 e. The fraction of sp³-hybridized carbons (Fsp3) is 0.500. The number of carbonyl (C=O) groups is 1. The van der Waals surface area contributed by atoms with Gasteiger partial charge in [-0.25, -0.2) is 4.79 Å². The second-order valence-corrected chi connectivity index (χ2v) is 6.18. The van der Waals surface area contributed by atoms with Crippen LogP contribution in [0, 0.1) is 5.41 Å². The van der Waals surface area contributed by atoms with Gasteiger partial charge in [0.05, 0.1) is 17.6 Å². The molecule has 0 N–H and O–H groups in total. The summed E-state index contributed by atoms with van der Waals surface area (Å²) in [5.41, 5.74) is 1.21. The molecule has 0 saturated carbocycles. The molecule has 0 amide bonds. The molecule has 0 atom stereocenters. The molecule has 1 aromatic carbocycles. The maximum Gasteiger partial charge on any atom is 0.329 e. The first-order chi connectivity index (χ1) is 9.36. The zero-order chi connectivity index (χ0) is 14.9. The van der Waals surface area contributed by atoms with Gasteiger partial charge in [-0.2, -0.15) is 0 Å². The van der Waals surface area contributed by atoms with E-state index in [1.807, 2.05) is 52.0 Å². The van der Waals surface area contributed by atoms with E-state index in [9.17, 15) is 9.59 Å². The van der Waals surface area contributed by atoms with Crippen LogP contribution in [0.1, 0.15) is 34.1 Å². The van der Waals surface area contributed by atoms with Crippen LogP contribution in [0.3, 0.4) is 0 Å². The SMILES string of the molecule is CCCn1c(=O)n(CC(=O)C(C)(C)C)c2ccccc21. The zero-order valence-electron chi connectivity index (χ0n) is 12.6. The summed E-state index contributed by atoms with van der Waals surface area (Å²) in [6, 6.07) is 7.66. The van der Waals surface area contributed by atoms with Crippen molar-refractivity contribution in [1.29, 1.82) is 0 Å². The summed E-state index contributed by atoms with van der Waals surface area (Å²) in [5.74, 6) is 0.0685. The van der Waals surface area contributed by atoms with Crippen molar-refractivity contribution in [3.63, 3.8) is 0 Å². The lowest BCUT2D eigenvalue weighted by Crippen LogP contribution is -2.31. The molecule has 4 heteroatoms. The first kappa shape index (κ1) is 14.6. The average molecular weight is 274 g/mol. The number of ketones is 1. The lowest BCUT2D eigenvalue weighted by atomic mass is 9.91. The third-order valence-electron chi connectivity index (χ3n) is 3.51. The van der Waals surface area contributed by atoms with Gasteiger partial charge in [-0.05, 0) is 18.6 Å². The van der Waals surface area contributed by atoms with Crippen LogP contribution in [-0.2, 0) is 17.9 Å². The van der Waals surface area contributed by atoms with Crippen LogP contribution >= 0.6 is 0 Å². The molecule has 108 valence electrons. The highest BCUT2D eigenvalue weighted by Crippen LogP contribution is 2.18. The van der Waals surface area contributed by atoms with E-state index < -0.39 is 5.41 Å². The number of para-hydroxylation sites is 2. The van der Waals surface area contributed by atoms with Gasteiger partial charge in [0.25, 0.3) is 0 Å². The molecule has 1 aromatic heterocycles. The van der Waals surface area contributed by atoms with E-state index in [0.717, 1.165) is 17.5 Å². The Morgan fingerprint density at radius 3 is 2.15 bits per heavy atom. The third kappa shape index (κ3) is 2.55. The Labute approximate surface area is 119 Å². The van der Waals surface area contributed by atoms with Crippen molar-refractivity contribution in [2.24, 2.45) is 5.41 Å². The summed E-state index contributed by atoms with van der Waals surface area (Å²) in [6.07, 6.45) is 0.890. The van der Waals surface area contributed by atoms with Gasteiger partial charge in [-0.1, -0.05) is 39.8 Å². The highest BCUT2D eigenvalue weighted by molar-refractivity contribution is 5.85. The molecule has 0 spiro atoms. The molecular weight excluding hydrogens is 252 g/mol. The highest BCUT2D eigenvalue weighted by atomic mass is 16.2. The molecule has 0 aliphatic carbocycles. The van der Waals surface area contributed by atoms with E-state index in [-0.39, 0.29) is 18.0 Å². The number of Topliss-reactive ketones (excluding diaryl/α,β-unsaturated/α-hetero) is 1. The van der Waals surface area contributed by atoms with Crippen molar-refractivity contribution >= 4 is 16.8 Å². The molecule has 4 nitrogen and oxygen atoms in total. The maximum absolute atomic E-state index is 12.5. The summed E-state index contributed by atoms with van der Waals surface area (Å²) in [6.45, 7) is 8.50. The van der Waals surface area contributed by atoms with Crippen LogP contribution in [0.15, 0.2) is 29.1 Å². The molecule has 0 aliphatic heterocycles. The van der Waals surface area contributed by atoms with Crippen LogP contribution in [0.2, 0.25) is 0 Å². The minimum absolute atomic E-state index is 0.0685. The third-order valence-corrected chi connectivity index (χ3v) is 3.51. The van der Waals surface area contributed by atoms with Crippen molar-refractivity contribution in [2.45, 2.75) is 47.2 Å². The fourth-order valence-electron chi connectivity index (χ4n) is 2.25. The van der Waals surface area contributed by atoms with Crippen LogP contribution in [0.25, 0.3) is 11.0 Å². The van der Waals surface area contributed by atoms with Gasteiger partial charge in [-0.3, -0.25) is 13.9 Å². The number of fused-ring (bicyclic) bond motifs is 1. The predicted octanol–water partition coefficient (Wildman–Crippen LogP) is 2.83. The number of hydrogen-bond acceptors (Lipinski definition) is 2. The van der Waals surface area contributed by atoms with Crippen molar-refractivity contribution < 1.29 is 4.79 Å². The van der Waals surface area contributed by atoms with E-state index in [2.05, 4.69) is 0 Å². The largest absolute Gasteiger partial charge is 0.329 e. The zero-order valence-corrected chi connectivity index (χ0v) is 12.6. The first-order valence-corrected chi connectivity index (χ1v) is 7.07. The van der Waals surface area contributed by atoms with Crippen LogP contribution in [0.4, 0.5) is 0 Å². The Kier molecular flexibility index (Phi) is 3.84. The van der Waals surface area contributed by atoms with Gasteiger partial charge in [0, 0.05) is 12.0 Å². The molecule has 0 bridgehead atoms. The first-order valence-electron chi connectivity index (χ1n) is 7.07. The van der Waals surface area contributed by atoms with Gasteiger partial charge < -0.3 is 0 Å². The average Bonchev–Trinajstić information content (AvgIpc) is 2.64. The second kappa shape index (κ2) is 5.27. The van der Waals surface area contributed by atoms with Crippen LogP contribution in [0.5, 0.6) is 0 Å². The van der Waals surface area contributed by atoms with E-state index in [1.165, 1.54) is 0 Å². The number of carbonyl (C=O) groups excluding carboxylic acids is 1. The van der Waals surface area contributed by atoms with Gasteiger partial charge in [0.15, 0.2) is 5.78 Å². The molecule has 1 heterocycles. The molecule has 2 rings (SSSR count). The summed E-state index contributed by atoms with van der Waals surface area (Å²) in [7, 11) is 0. The van der Waals surface area contributed by atoms with Crippen molar-refractivity contribution in [3.8, 4) is 0 Å². The van der Waals surface area contributed by atoms with E-state index in [0.29, 0.717) is 6.54 Å². The van der Waals surface area contributed by atoms with Crippen molar-refractivity contribution in [2.75, 3.05) is 0 Å². The topological polar surface area (TPSA) is 44.0 Å². The number of benzene rings is 1. The number of rotatable bonds is 4. The molecule has 0 unspecified atom stereocenters. The second-order valence-electron chi connectivity index (χ2n) is 6.18. The van der Waals surface area contributed by atoms with Gasteiger partial charge >= 0.3 is 5.69 Å². The number of aryl methyl sites for hydroxylation is 1. The van der Waals surface area contributed by atoms with Crippen molar-refractivity contribution in [1.82, 2.24) is 9.13 Å². The Morgan fingerprint density at radius 2 is 1.65 bits per heavy atom. The summed E-state index contributed by atoms with van der Waals surface area (Å²) < 4.78 is 3.35. The molecule has 2 aromatic rings.